The minimum atomic E-state index is 0.126. The van der Waals surface area contributed by atoms with Gasteiger partial charge in [0.1, 0.15) is 0 Å². The van der Waals surface area contributed by atoms with Crippen molar-refractivity contribution in [3.05, 3.63) is 0 Å². The lowest BCUT2D eigenvalue weighted by Crippen LogP contribution is -2.38. The molecule has 0 saturated heterocycles. The van der Waals surface area contributed by atoms with Gasteiger partial charge in [0.05, 0.1) is 0 Å². The smallest absolute Gasteiger partial charge is 0.223 e. The average molecular weight is 260 g/mol. The number of aliphatic hydroxyl groups is 1. The van der Waals surface area contributed by atoms with Gasteiger partial charge in [-0.1, -0.05) is 6.42 Å². The van der Waals surface area contributed by atoms with E-state index < -0.39 is 0 Å². The molecule has 0 radical (unpaired) electrons. The topological polar surface area (TPSA) is 75.4 Å². The Labute approximate surface area is 108 Å². The van der Waals surface area contributed by atoms with Gasteiger partial charge in [-0.3, -0.25) is 4.79 Å². The highest BCUT2D eigenvalue weighted by Gasteiger charge is 2.24. The maximum atomic E-state index is 11.8. The molecule has 17 heavy (non-hydrogen) atoms. The fraction of sp³-hybridized carbons (Fsp3) is 0.917. The Morgan fingerprint density at radius 1 is 1.41 bits per heavy atom. The molecule has 1 rings (SSSR count). The number of hydrogen-bond donors (Lipinski definition) is 3. The van der Waals surface area contributed by atoms with E-state index in [1.807, 2.05) is 0 Å². The standard InChI is InChI=1S/C12H24N2O2S/c13-11-4-1-3-10(9-11)12(16)14-5-8-17-7-2-6-15/h10-11,15H,1-9,13H2,(H,14,16). The molecule has 1 saturated carbocycles. The van der Waals surface area contributed by atoms with Crippen LogP contribution >= 0.6 is 11.8 Å². The van der Waals surface area contributed by atoms with E-state index in [-0.39, 0.29) is 24.5 Å². The minimum absolute atomic E-state index is 0.126. The Morgan fingerprint density at radius 2 is 2.24 bits per heavy atom. The van der Waals surface area contributed by atoms with Crippen LogP contribution in [0, 0.1) is 5.92 Å². The molecule has 1 aliphatic rings. The highest BCUT2D eigenvalue weighted by molar-refractivity contribution is 7.99. The second kappa shape index (κ2) is 8.78. The maximum absolute atomic E-state index is 11.8. The van der Waals surface area contributed by atoms with Gasteiger partial charge < -0.3 is 16.2 Å². The molecule has 0 bridgehead atoms. The van der Waals surface area contributed by atoms with Gasteiger partial charge in [-0.05, 0) is 31.4 Å². The van der Waals surface area contributed by atoms with Crippen molar-refractivity contribution < 1.29 is 9.90 Å². The maximum Gasteiger partial charge on any atom is 0.223 e. The number of aliphatic hydroxyl groups excluding tert-OH is 1. The molecular weight excluding hydrogens is 236 g/mol. The Morgan fingerprint density at radius 3 is 2.94 bits per heavy atom. The first kappa shape index (κ1) is 14.8. The van der Waals surface area contributed by atoms with Gasteiger partial charge in [0.15, 0.2) is 0 Å². The molecule has 1 aliphatic carbocycles. The molecule has 0 aromatic carbocycles. The Bertz CT molecular complexity index is 227. The number of thioether (sulfide) groups is 1. The summed E-state index contributed by atoms with van der Waals surface area (Å²) in [4.78, 5) is 11.8. The second-order valence-electron chi connectivity index (χ2n) is 4.60. The highest BCUT2D eigenvalue weighted by atomic mass is 32.2. The lowest BCUT2D eigenvalue weighted by molar-refractivity contribution is -0.125. The molecule has 4 nitrogen and oxygen atoms in total. The summed E-state index contributed by atoms with van der Waals surface area (Å²) in [6.45, 7) is 0.972. The van der Waals surface area contributed by atoms with Crippen LogP contribution in [0.1, 0.15) is 32.1 Å². The Kier molecular flexibility index (Phi) is 7.64. The van der Waals surface area contributed by atoms with E-state index >= 15 is 0 Å². The van der Waals surface area contributed by atoms with Crippen molar-refractivity contribution in [3.8, 4) is 0 Å². The first-order chi connectivity index (χ1) is 8.24. The molecule has 0 aliphatic heterocycles. The lowest BCUT2D eigenvalue weighted by atomic mass is 9.85. The van der Waals surface area contributed by atoms with Crippen LogP contribution in [0.4, 0.5) is 0 Å². The van der Waals surface area contributed by atoms with Gasteiger partial charge in [0.2, 0.25) is 5.91 Å². The molecule has 4 N–H and O–H groups in total. The second-order valence-corrected chi connectivity index (χ2v) is 5.83. The normalized spacial score (nSPS) is 24.6. The largest absolute Gasteiger partial charge is 0.396 e. The van der Waals surface area contributed by atoms with Crippen LogP contribution in [-0.2, 0) is 4.79 Å². The van der Waals surface area contributed by atoms with Crippen LogP contribution in [0.5, 0.6) is 0 Å². The summed E-state index contributed by atoms with van der Waals surface area (Å²) in [7, 11) is 0. The van der Waals surface area contributed by atoms with Gasteiger partial charge >= 0.3 is 0 Å². The minimum Gasteiger partial charge on any atom is -0.396 e. The molecule has 0 aromatic rings. The fourth-order valence-corrected chi connectivity index (χ4v) is 2.91. The monoisotopic (exact) mass is 260 g/mol. The Balaban J connectivity index is 2.04. The average Bonchev–Trinajstić information content (AvgIpc) is 2.33. The van der Waals surface area contributed by atoms with Crippen molar-refractivity contribution in [3.63, 3.8) is 0 Å². The zero-order valence-electron chi connectivity index (χ0n) is 10.4. The summed E-state index contributed by atoms with van der Waals surface area (Å²) in [5, 5.41) is 11.6. The van der Waals surface area contributed by atoms with Crippen molar-refractivity contribution in [2.75, 3.05) is 24.7 Å². The molecule has 1 amide bonds. The van der Waals surface area contributed by atoms with E-state index in [0.717, 1.165) is 50.2 Å². The number of carbonyl (C=O) groups is 1. The van der Waals surface area contributed by atoms with Crippen molar-refractivity contribution in [2.45, 2.75) is 38.1 Å². The number of rotatable bonds is 7. The fourth-order valence-electron chi connectivity index (χ4n) is 2.13. The van der Waals surface area contributed by atoms with Crippen LogP contribution < -0.4 is 11.1 Å². The quantitative estimate of drug-likeness (QED) is 0.590. The van der Waals surface area contributed by atoms with Crippen LogP contribution in [0.3, 0.4) is 0 Å². The van der Waals surface area contributed by atoms with E-state index in [0.29, 0.717) is 0 Å². The van der Waals surface area contributed by atoms with E-state index in [9.17, 15) is 4.79 Å². The number of nitrogens with two attached hydrogens (primary N) is 1. The van der Waals surface area contributed by atoms with Gasteiger partial charge in [-0.15, -0.1) is 0 Å². The number of amides is 1. The molecule has 2 atom stereocenters. The van der Waals surface area contributed by atoms with Gasteiger partial charge in [-0.2, -0.15) is 11.8 Å². The first-order valence-electron chi connectivity index (χ1n) is 6.46. The summed E-state index contributed by atoms with van der Waals surface area (Å²) >= 11 is 1.77. The van der Waals surface area contributed by atoms with Crippen molar-refractivity contribution >= 4 is 17.7 Å². The molecule has 1 fully saturated rings. The van der Waals surface area contributed by atoms with Crippen molar-refractivity contribution in [2.24, 2.45) is 11.7 Å². The molecule has 0 aromatic heterocycles. The van der Waals surface area contributed by atoms with Crippen molar-refractivity contribution in [1.82, 2.24) is 5.32 Å². The first-order valence-corrected chi connectivity index (χ1v) is 7.61. The number of nitrogens with one attached hydrogen (secondary N) is 1. The van der Waals surface area contributed by atoms with E-state index in [1.54, 1.807) is 11.8 Å². The van der Waals surface area contributed by atoms with Crippen LogP contribution in [-0.4, -0.2) is 41.7 Å². The molecule has 5 heteroatoms. The molecule has 0 heterocycles. The molecule has 2 unspecified atom stereocenters. The Hall–Kier alpha value is -0.260. The van der Waals surface area contributed by atoms with Gasteiger partial charge in [0, 0.05) is 30.9 Å². The summed E-state index contributed by atoms with van der Waals surface area (Å²) in [5.41, 5.74) is 5.86. The third-order valence-corrected chi connectivity index (χ3v) is 4.15. The van der Waals surface area contributed by atoms with E-state index in [4.69, 9.17) is 10.8 Å². The van der Waals surface area contributed by atoms with Crippen LogP contribution in [0.2, 0.25) is 0 Å². The molecule has 100 valence electrons. The van der Waals surface area contributed by atoms with E-state index in [1.165, 1.54) is 0 Å². The predicted octanol–water partition coefficient (Wildman–Crippen LogP) is 0.736. The van der Waals surface area contributed by atoms with Gasteiger partial charge in [-0.25, -0.2) is 0 Å². The lowest BCUT2D eigenvalue weighted by Gasteiger charge is -2.25. The SMILES string of the molecule is NC1CCCC(C(=O)NCCSCCCO)C1. The summed E-state index contributed by atoms with van der Waals surface area (Å²) < 4.78 is 0. The summed E-state index contributed by atoms with van der Waals surface area (Å²) in [5.74, 6) is 2.18. The third kappa shape index (κ3) is 6.29. The zero-order valence-corrected chi connectivity index (χ0v) is 11.2. The van der Waals surface area contributed by atoms with Crippen LogP contribution in [0.25, 0.3) is 0 Å². The zero-order chi connectivity index (χ0) is 12.5. The van der Waals surface area contributed by atoms with Crippen molar-refractivity contribution in [1.29, 1.82) is 0 Å². The summed E-state index contributed by atoms with van der Waals surface area (Å²) in [6.07, 6.45) is 4.78. The third-order valence-electron chi connectivity index (χ3n) is 3.08. The van der Waals surface area contributed by atoms with Gasteiger partial charge in [0.25, 0.3) is 0 Å². The number of carbonyl (C=O) groups excluding carboxylic acids is 1. The highest BCUT2D eigenvalue weighted by Crippen LogP contribution is 2.22. The molecular formula is C12H24N2O2S. The number of hydrogen-bond acceptors (Lipinski definition) is 4. The molecule has 0 spiro atoms. The van der Waals surface area contributed by atoms with E-state index in [2.05, 4.69) is 5.32 Å². The summed E-state index contributed by atoms with van der Waals surface area (Å²) in [6, 6.07) is 0.207. The predicted molar refractivity (Wildman–Crippen MR) is 72.0 cm³/mol. The van der Waals surface area contributed by atoms with Crippen LogP contribution in [0.15, 0.2) is 0 Å².